The molecule has 0 unspecified atom stereocenters. The van der Waals surface area contributed by atoms with Gasteiger partial charge in [-0.3, -0.25) is 9.69 Å². The lowest BCUT2D eigenvalue weighted by molar-refractivity contribution is 0.00295. The van der Waals surface area contributed by atoms with E-state index in [4.69, 9.17) is 4.74 Å². The Kier molecular flexibility index (Phi) is 5.78. The van der Waals surface area contributed by atoms with E-state index in [9.17, 15) is 9.59 Å². The van der Waals surface area contributed by atoms with Crippen molar-refractivity contribution in [3.63, 3.8) is 0 Å². The summed E-state index contributed by atoms with van der Waals surface area (Å²) in [5, 5.41) is 0. The summed E-state index contributed by atoms with van der Waals surface area (Å²) >= 11 is 0. The average Bonchev–Trinajstić information content (AvgIpc) is 3.29. The number of carbonyl (C=O) groups excluding carboxylic acids is 2. The number of hydrogen-bond acceptors (Lipinski definition) is 6. The van der Waals surface area contributed by atoms with Crippen molar-refractivity contribution in [2.75, 3.05) is 65.4 Å². The summed E-state index contributed by atoms with van der Waals surface area (Å²) in [5.74, 6) is -0.0500. The number of piperidine rings is 1. The fourth-order valence-electron chi connectivity index (χ4n) is 4.56. The summed E-state index contributed by atoms with van der Waals surface area (Å²) in [4.78, 5) is 40.7. The van der Waals surface area contributed by atoms with E-state index in [1.165, 1.54) is 0 Å². The molecule has 4 rings (SSSR count). The molecule has 9 nitrogen and oxygen atoms in total. The first-order valence-electron chi connectivity index (χ1n) is 10.7. The van der Waals surface area contributed by atoms with Crippen LogP contribution in [0.3, 0.4) is 0 Å². The van der Waals surface area contributed by atoms with Gasteiger partial charge in [-0.1, -0.05) is 6.92 Å². The molecule has 29 heavy (non-hydrogen) atoms. The molecule has 4 heterocycles. The largest absolute Gasteiger partial charge is 0.441 e. The Hall–Kier alpha value is -2.13. The monoisotopic (exact) mass is 404 g/mol. The molecule has 2 amide bonds. The van der Waals surface area contributed by atoms with E-state index in [-0.39, 0.29) is 12.0 Å². The summed E-state index contributed by atoms with van der Waals surface area (Å²) in [6, 6.07) is 0. The lowest BCUT2D eigenvalue weighted by Crippen LogP contribution is -2.50. The predicted molar refractivity (Wildman–Crippen MR) is 108 cm³/mol. The molecule has 1 spiro atoms. The number of carbonyl (C=O) groups is 2. The van der Waals surface area contributed by atoms with E-state index in [0.717, 1.165) is 45.0 Å². The highest BCUT2D eigenvalue weighted by Gasteiger charge is 2.47. The van der Waals surface area contributed by atoms with Crippen LogP contribution in [0, 0.1) is 6.92 Å². The molecule has 3 aliphatic rings. The zero-order valence-corrected chi connectivity index (χ0v) is 17.5. The van der Waals surface area contributed by atoms with Crippen molar-refractivity contribution in [2.45, 2.75) is 32.3 Å². The third-order valence-electron chi connectivity index (χ3n) is 6.63. The summed E-state index contributed by atoms with van der Waals surface area (Å²) in [6.45, 7) is 12.9. The van der Waals surface area contributed by atoms with E-state index in [1.54, 1.807) is 6.33 Å². The molecule has 0 radical (unpaired) electrons. The third-order valence-corrected chi connectivity index (χ3v) is 6.63. The first-order chi connectivity index (χ1) is 14.0. The van der Waals surface area contributed by atoms with Gasteiger partial charge in [-0.2, -0.15) is 0 Å². The van der Waals surface area contributed by atoms with Crippen molar-refractivity contribution < 1.29 is 14.3 Å². The average molecular weight is 405 g/mol. The Morgan fingerprint density at radius 3 is 2.45 bits per heavy atom. The van der Waals surface area contributed by atoms with Crippen LogP contribution in [0.1, 0.15) is 35.9 Å². The number of likely N-dealkylation sites (N-methyl/N-ethyl adjacent to an activating group) is 1. The number of H-pyrrole nitrogens is 1. The van der Waals surface area contributed by atoms with Crippen molar-refractivity contribution in [1.82, 2.24) is 29.6 Å². The maximum Gasteiger partial charge on any atom is 0.410 e. The van der Waals surface area contributed by atoms with E-state index < -0.39 is 5.60 Å². The number of aromatic amines is 1. The minimum absolute atomic E-state index is 0.0500. The second kappa shape index (κ2) is 8.31. The number of amides is 2. The van der Waals surface area contributed by atoms with Crippen molar-refractivity contribution in [2.24, 2.45) is 0 Å². The fraction of sp³-hybridized carbons (Fsp3) is 0.750. The molecule has 160 valence electrons. The number of likely N-dealkylation sites (tertiary alicyclic amines) is 1. The zero-order chi connectivity index (χ0) is 20.4. The second-order valence-electron chi connectivity index (χ2n) is 8.42. The van der Waals surface area contributed by atoms with Gasteiger partial charge in [0, 0.05) is 70.9 Å². The molecule has 0 atom stereocenters. The van der Waals surface area contributed by atoms with Gasteiger partial charge in [-0.25, -0.2) is 9.78 Å². The lowest BCUT2D eigenvalue weighted by Gasteiger charge is -2.37. The van der Waals surface area contributed by atoms with E-state index in [2.05, 4.69) is 26.7 Å². The Labute approximate surface area is 172 Å². The standard InChI is InChI=1S/C20H32N6O3/c1-3-23-8-10-24(11-9-23)12-13-26-14-20(29-19(26)28)4-6-25(7-5-20)18(27)17-16(2)21-15-22-17/h15H,3-14H2,1-2H3,(H,21,22). The maximum atomic E-state index is 12.7. The smallest absolute Gasteiger partial charge is 0.410 e. The maximum absolute atomic E-state index is 12.7. The van der Waals surface area contributed by atoms with Crippen molar-refractivity contribution >= 4 is 12.0 Å². The highest BCUT2D eigenvalue weighted by molar-refractivity contribution is 5.93. The molecule has 0 aromatic carbocycles. The van der Waals surface area contributed by atoms with Crippen LogP contribution in [0.25, 0.3) is 0 Å². The summed E-state index contributed by atoms with van der Waals surface area (Å²) in [7, 11) is 0. The van der Waals surface area contributed by atoms with Gasteiger partial charge in [0.2, 0.25) is 0 Å². The van der Waals surface area contributed by atoms with Crippen molar-refractivity contribution in [1.29, 1.82) is 0 Å². The van der Waals surface area contributed by atoms with Gasteiger partial charge in [-0.15, -0.1) is 0 Å². The SMILES string of the molecule is CCN1CCN(CCN2CC3(CCN(C(=O)c4nc[nH]c4C)CC3)OC2=O)CC1. The highest BCUT2D eigenvalue weighted by atomic mass is 16.6. The van der Waals surface area contributed by atoms with E-state index in [1.807, 2.05) is 16.7 Å². The molecule has 9 heteroatoms. The molecule has 1 aromatic heterocycles. The molecular weight excluding hydrogens is 372 g/mol. The minimum atomic E-state index is -0.449. The van der Waals surface area contributed by atoms with Crippen molar-refractivity contribution in [3.05, 3.63) is 17.7 Å². The Morgan fingerprint density at radius 1 is 1.14 bits per heavy atom. The number of aryl methyl sites for hydroxylation is 1. The van der Waals surface area contributed by atoms with Crippen LogP contribution >= 0.6 is 0 Å². The van der Waals surface area contributed by atoms with Gasteiger partial charge in [0.1, 0.15) is 11.3 Å². The van der Waals surface area contributed by atoms with Crippen LogP contribution in [0.2, 0.25) is 0 Å². The third kappa shape index (κ3) is 4.25. The number of nitrogens with one attached hydrogen (secondary N) is 1. The van der Waals surface area contributed by atoms with Crippen LogP contribution in [0.15, 0.2) is 6.33 Å². The normalized spacial score (nSPS) is 23.0. The Bertz CT molecular complexity index is 734. The first kappa shape index (κ1) is 20.2. The predicted octanol–water partition coefficient (Wildman–Crippen LogP) is 0.783. The number of rotatable bonds is 5. The van der Waals surface area contributed by atoms with Gasteiger partial charge in [0.25, 0.3) is 5.91 Å². The molecule has 0 bridgehead atoms. The summed E-state index contributed by atoms with van der Waals surface area (Å²) in [6.07, 6.45) is 2.70. The molecule has 3 aliphatic heterocycles. The van der Waals surface area contributed by atoms with Gasteiger partial charge >= 0.3 is 6.09 Å². The Balaban J connectivity index is 1.26. The number of hydrogen-bond donors (Lipinski definition) is 1. The van der Waals surface area contributed by atoms with Crippen LogP contribution in [-0.4, -0.2) is 113 Å². The van der Waals surface area contributed by atoms with Crippen LogP contribution in [0.4, 0.5) is 4.79 Å². The van der Waals surface area contributed by atoms with Gasteiger partial charge in [0.15, 0.2) is 0 Å². The number of aromatic nitrogens is 2. The lowest BCUT2D eigenvalue weighted by atomic mass is 9.91. The van der Waals surface area contributed by atoms with Crippen LogP contribution < -0.4 is 0 Å². The van der Waals surface area contributed by atoms with Crippen LogP contribution in [-0.2, 0) is 4.74 Å². The topological polar surface area (TPSA) is 85.0 Å². The summed E-state index contributed by atoms with van der Waals surface area (Å²) < 4.78 is 5.82. The van der Waals surface area contributed by atoms with E-state index in [0.29, 0.717) is 44.7 Å². The molecule has 1 N–H and O–H groups in total. The first-order valence-corrected chi connectivity index (χ1v) is 10.7. The molecule has 1 aromatic rings. The number of imidazole rings is 1. The quantitative estimate of drug-likeness (QED) is 0.781. The molecule has 0 aliphatic carbocycles. The Morgan fingerprint density at radius 2 is 1.83 bits per heavy atom. The van der Waals surface area contributed by atoms with Gasteiger partial charge in [-0.05, 0) is 13.5 Å². The number of piperazine rings is 1. The minimum Gasteiger partial charge on any atom is -0.441 e. The zero-order valence-electron chi connectivity index (χ0n) is 17.5. The fourth-order valence-corrected chi connectivity index (χ4v) is 4.56. The molecule has 0 saturated carbocycles. The number of ether oxygens (including phenoxy) is 1. The van der Waals surface area contributed by atoms with Gasteiger partial charge in [0.05, 0.1) is 12.9 Å². The van der Waals surface area contributed by atoms with Crippen molar-refractivity contribution in [3.8, 4) is 0 Å². The second-order valence-corrected chi connectivity index (χ2v) is 8.42. The van der Waals surface area contributed by atoms with Gasteiger partial charge < -0.3 is 24.4 Å². The molecule has 3 saturated heterocycles. The van der Waals surface area contributed by atoms with E-state index >= 15 is 0 Å². The molecule has 3 fully saturated rings. The van der Waals surface area contributed by atoms with Crippen LogP contribution in [0.5, 0.6) is 0 Å². The number of nitrogens with zero attached hydrogens (tertiary/aromatic N) is 5. The summed E-state index contributed by atoms with van der Waals surface area (Å²) in [5.41, 5.74) is 0.817. The molecular formula is C20H32N6O3. The highest BCUT2D eigenvalue weighted by Crippen LogP contribution is 2.33.